The maximum atomic E-state index is 11.4. The lowest BCUT2D eigenvalue weighted by molar-refractivity contribution is -0.122. The fraction of sp³-hybridized carbons (Fsp3) is 0.438. The number of rotatable bonds is 7. The quantitative estimate of drug-likeness (QED) is 0.271. The van der Waals surface area contributed by atoms with Gasteiger partial charge in [0.05, 0.1) is 5.92 Å². The summed E-state index contributed by atoms with van der Waals surface area (Å²) in [5, 5.41) is 11.5. The van der Waals surface area contributed by atoms with Crippen LogP contribution in [0.3, 0.4) is 0 Å². The number of hydrazine groups is 1. The smallest absolute Gasteiger partial charge is 0.222 e. The molecule has 8 heteroatoms. The van der Waals surface area contributed by atoms with Gasteiger partial charge in [0.1, 0.15) is 11.7 Å². The van der Waals surface area contributed by atoms with Crippen LogP contribution in [0.4, 0.5) is 0 Å². The molecule has 1 aromatic heterocycles. The number of nitrogens with one attached hydrogen (secondary N) is 4. The Morgan fingerprint density at radius 1 is 1.58 bits per heavy atom. The number of aromatic nitrogens is 1. The van der Waals surface area contributed by atoms with Crippen molar-refractivity contribution in [2.45, 2.75) is 19.4 Å². The summed E-state index contributed by atoms with van der Waals surface area (Å²) in [7, 11) is 1.76. The number of amides is 1. The molecule has 24 heavy (non-hydrogen) atoms. The third-order valence-electron chi connectivity index (χ3n) is 3.91. The lowest BCUT2D eigenvalue weighted by atomic mass is 9.97. The van der Waals surface area contributed by atoms with Crippen LogP contribution >= 0.6 is 0 Å². The van der Waals surface area contributed by atoms with E-state index >= 15 is 0 Å². The minimum Gasteiger partial charge on any atom is -0.369 e. The number of hydrogen-bond acceptors (Lipinski definition) is 6. The van der Waals surface area contributed by atoms with Gasteiger partial charge in [-0.2, -0.15) is 0 Å². The lowest BCUT2D eigenvalue weighted by Crippen LogP contribution is -2.44. The molecule has 6 N–H and O–H groups in total. The molecule has 0 aliphatic carbocycles. The standard InChI is InChI=1S/C16H25N7O/c1-19-22-15(21-10-12-4-2-6-20-9-12)8-14(17)23-7-3-5-13(11-23)16(18)24/h2,4,6,8-9,13,17,19,21-22H,3,5,7,10-11H2,1H3,(H2,18,24)/b15-8-,17-14?. The lowest BCUT2D eigenvalue weighted by Gasteiger charge is -2.32. The first-order valence-corrected chi connectivity index (χ1v) is 8.00. The third kappa shape index (κ3) is 5.24. The Labute approximate surface area is 142 Å². The van der Waals surface area contributed by atoms with E-state index in [-0.39, 0.29) is 11.8 Å². The Balaban J connectivity index is 1.97. The SMILES string of the molecule is CNN/C(=C\C(=N)N1CCCC(C(N)=O)C1)NCc1cccnc1. The molecule has 1 saturated heterocycles. The van der Waals surface area contributed by atoms with E-state index in [9.17, 15) is 4.79 Å². The van der Waals surface area contributed by atoms with Gasteiger partial charge in [-0.05, 0) is 24.5 Å². The second kappa shape index (κ2) is 8.88. The second-order valence-electron chi connectivity index (χ2n) is 5.72. The number of carbonyl (C=O) groups excluding carboxylic acids is 1. The summed E-state index contributed by atoms with van der Waals surface area (Å²) in [6.07, 6.45) is 6.88. The van der Waals surface area contributed by atoms with E-state index in [1.54, 1.807) is 25.5 Å². The van der Waals surface area contributed by atoms with Crippen molar-refractivity contribution in [1.82, 2.24) is 26.1 Å². The molecule has 1 aromatic rings. The van der Waals surface area contributed by atoms with Crippen molar-refractivity contribution in [3.63, 3.8) is 0 Å². The van der Waals surface area contributed by atoms with Gasteiger partial charge in [0.15, 0.2) is 0 Å². The van der Waals surface area contributed by atoms with Gasteiger partial charge in [0, 0.05) is 45.2 Å². The summed E-state index contributed by atoms with van der Waals surface area (Å²) in [6, 6.07) is 3.86. The number of carbonyl (C=O) groups is 1. The number of primary amides is 1. The average Bonchev–Trinajstić information content (AvgIpc) is 2.61. The number of amidine groups is 1. The maximum Gasteiger partial charge on any atom is 0.222 e. The monoisotopic (exact) mass is 331 g/mol. The van der Waals surface area contributed by atoms with Crippen molar-refractivity contribution in [2.24, 2.45) is 11.7 Å². The number of piperidine rings is 1. The van der Waals surface area contributed by atoms with Crippen LogP contribution in [0.25, 0.3) is 0 Å². The van der Waals surface area contributed by atoms with Crippen LogP contribution in [0, 0.1) is 11.3 Å². The molecule has 1 atom stereocenters. The average molecular weight is 331 g/mol. The molecule has 0 bridgehead atoms. The molecule has 1 unspecified atom stereocenters. The number of nitrogens with zero attached hydrogens (tertiary/aromatic N) is 2. The van der Waals surface area contributed by atoms with Gasteiger partial charge in [0.2, 0.25) is 5.91 Å². The first-order valence-electron chi connectivity index (χ1n) is 8.00. The zero-order valence-electron chi connectivity index (χ0n) is 13.9. The van der Waals surface area contributed by atoms with Gasteiger partial charge in [0.25, 0.3) is 0 Å². The second-order valence-corrected chi connectivity index (χ2v) is 5.72. The molecule has 2 rings (SSSR count). The molecular formula is C16H25N7O. The van der Waals surface area contributed by atoms with Crippen LogP contribution in [-0.4, -0.2) is 41.8 Å². The van der Waals surface area contributed by atoms with Crippen molar-refractivity contribution in [3.05, 3.63) is 42.0 Å². The van der Waals surface area contributed by atoms with Crippen molar-refractivity contribution >= 4 is 11.7 Å². The summed E-state index contributed by atoms with van der Waals surface area (Å²) >= 11 is 0. The minimum absolute atomic E-state index is 0.184. The Morgan fingerprint density at radius 3 is 3.08 bits per heavy atom. The highest BCUT2D eigenvalue weighted by molar-refractivity contribution is 5.91. The van der Waals surface area contributed by atoms with Crippen molar-refractivity contribution in [3.8, 4) is 0 Å². The van der Waals surface area contributed by atoms with E-state index in [1.165, 1.54) is 0 Å². The van der Waals surface area contributed by atoms with Gasteiger partial charge in [-0.25, -0.2) is 5.43 Å². The molecule has 2 heterocycles. The van der Waals surface area contributed by atoms with E-state index in [1.807, 2.05) is 17.0 Å². The van der Waals surface area contributed by atoms with Gasteiger partial charge >= 0.3 is 0 Å². The molecule has 1 aliphatic heterocycles. The van der Waals surface area contributed by atoms with Crippen LogP contribution in [-0.2, 0) is 11.3 Å². The number of hydrogen-bond donors (Lipinski definition) is 5. The summed E-state index contributed by atoms with van der Waals surface area (Å²) in [5.41, 5.74) is 12.3. The van der Waals surface area contributed by atoms with Crippen LogP contribution in [0.2, 0.25) is 0 Å². The normalized spacial score (nSPS) is 18.1. The van der Waals surface area contributed by atoms with Crippen LogP contribution < -0.4 is 21.9 Å². The fourth-order valence-corrected chi connectivity index (χ4v) is 2.62. The number of nitrogens with two attached hydrogens (primary N) is 1. The Kier molecular flexibility index (Phi) is 6.56. The highest BCUT2D eigenvalue weighted by atomic mass is 16.1. The largest absolute Gasteiger partial charge is 0.369 e. The molecule has 1 amide bonds. The molecule has 8 nitrogen and oxygen atoms in total. The van der Waals surface area contributed by atoms with Crippen LogP contribution in [0.15, 0.2) is 36.4 Å². The predicted molar refractivity (Wildman–Crippen MR) is 92.6 cm³/mol. The Morgan fingerprint density at radius 2 is 2.42 bits per heavy atom. The van der Waals surface area contributed by atoms with E-state index in [0.717, 1.165) is 24.9 Å². The van der Waals surface area contributed by atoms with Crippen LogP contribution in [0.1, 0.15) is 18.4 Å². The highest BCUT2D eigenvalue weighted by Gasteiger charge is 2.24. The van der Waals surface area contributed by atoms with Gasteiger partial charge in [-0.1, -0.05) is 6.07 Å². The van der Waals surface area contributed by atoms with E-state index in [4.69, 9.17) is 11.1 Å². The summed E-state index contributed by atoms with van der Waals surface area (Å²) < 4.78 is 0. The first-order chi connectivity index (χ1) is 11.6. The third-order valence-corrected chi connectivity index (χ3v) is 3.91. The van der Waals surface area contributed by atoms with Gasteiger partial charge in [-0.3, -0.25) is 15.2 Å². The molecule has 0 radical (unpaired) electrons. The van der Waals surface area contributed by atoms with Crippen LogP contribution in [0.5, 0.6) is 0 Å². The maximum absolute atomic E-state index is 11.4. The van der Waals surface area contributed by atoms with Gasteiger partial charge < -0.3 is 21.4 Å². The highest BCUT2D eigenvalue weighted by Crippen LogP contribution is 2.16. The summed E-state index contributed by atoms with van der Waals surface area (Å²) in [5.74, 6) is 0.543. The molecular weight excluding hydrogens is 306 g/mol. The zero-order chi connectivity index (χ0) is 17.4. The molecule has 1 aliphatic rings. The molecule has 0 aromatic carbocycles. The Hall–Kier alpha value is -2.61. The topological polar surface area (TPSA) is 119 Å². The minimum atomic E-state index is -0.292. The molecule has 0 saturated carbocycles. The molecule has 1 fully saturated rings. The fourth-order valence-electron chi connectivity index (χ4n) is 2.62. The number of likely N-dealkylation sites (tertiary alicyclic amines) is 1. The summed E-state index contributed by atoms with van der Waals surface area (Å²) in [6.45, 7) is 1.85. The molecule has 130 valence electrons. The van der Waals surface area contributed by atoms with Crippen molar-refractivity contribution in [2.75, 3.05) is 20.1 Å². The first kappa shape index (κ1) is 17.7. The molecule has 0 spiro atoms. The van der Waals surface area contributed by atoms with Crippen molar-refractivity contribution < 1.29 is 4.79 Å². The van der Waals surface area contributed by atoms with Crippen molar-refractivity contribution in [1.29, 1.82) is 5.41 Å². The predicted octanol–water partition coefficient (Wildman–Crippen LogP) is -0.0888. The number of pyridine rings is 1. The van der Waals surface area contributed by atoms with Gasteiger partial charge in [-0.15, -0.1) is 0 Å². The van der Waals surface area contributed by atoms with E-state index in [2.05, 4.69) is 21.2 Å². The summed E-state index contributed by atoms with van der Waals surface area (Å²) in [4.78, 5) is 17.3. The Bertz CT molecular complexity index is 587. The zero-order valence-corrected chi connectivity index (χ0v) is 13.9. The van der Waals surface area contributed by atoms with E-state index < -0.39 is 0 Å². The van der Waals surface area contributed by atoms with E-state index in [0.29, 0.717) is 24.7 Å².